The normalized spacial score (nSPS) is 18.3. The van der Waals surface area contributed by atoms with Gasteiger partial charge in [0.1, 0.15) is 11.4 Å². The molecule has 1 N–H and O–H groups in total. The van der Waals surface area contributed by atoms with E-state index < -0.39 is 23.3 Å². The number of halogens is 1. The Morgan fingerprint density at radius 3 is 2.77 bits per heavy atom. The van der Waals surface area contributed by atoms with E-state index in [1.807, 2.05) is 17.6 Å². The molecule has 3 aromatic rings. The minimum absolute atomic E-state index is 0.0532. The third-order valence-corrected chi connectivity index (χ3v) is 7.56. The number of aromatic nitrogens is 1. The van der Waals surface area contributed by atoms with Crippen molar-refractivity contribution in [1.29, 1.82) is 0 Å². The zero-order chi connectivity index (χ0) is 21.9. The summed E-state index contributed by atoms with van der Waals surface area (Å²) in [6.07, 6.45) is 5.51. The van der Waals surface area contributed by atoms with Gasteiger partial charge >= 0.3 is 5.97 Å². The van der Waals surface area contributed by atoms with Gasteiger partial charge in [-0.25, -0.2) is 9.18 Å². The summed E-state index contributed by atoms with van der Waals surface area (Å²) in [5.41, 5.74) is 2.35. The van der Waals surface area contributed by atoms with Gasteiger partial charge in [0.15, 0.2) is 0 Å². The quantitative estimate of drug-likeness (QED) is 0.575. The van der Waals surface area contributed by atoms with Crippen LogP contribution in [0.25, 0.3) is 21.3 Å². The third-order valence-electron chi connectivity index (χ3n) is 6.26. The molecule has 1 fully saturated rings. The van der Waals surface area contributed by atoms with E-state index in [0.717, 1.165) is 47.4 Å². The first-order valence-corrected chi connectivity index (χ1v) is 11.6. The van der Waals surface area contributed by atoms with Crippen molar-refractivity contribution in [3.8, 4) is 10.4 Å². The zero-order valence-electron chi connectivity index (χ0n) is 17.5. The molecule has 0 saturated heterocycles. The third kappa shape index (κ3) is 3.31. The van der Waals surface area contributed by atoms with Gasteiger partial charge in [-0.1, -0.05) is 0 Å². The minimum Gasteiger partial charge on any atom is -0.462 e. The lowest BCUT2D eigenvalue weighted by atomic mass is 9.95. The number of thiophene rings is 1. The van der Waals surface area contributed by atoms with E-state index in [0.29, 0.717) is 16.6 Å². The maximum Gasteiger partial charge on any atom is 0.343 e. The molecule has 2 heterocycles. The summed E-state index contributed by atoms with van der Waals surface area (Å²) in [4.78, 5) is 27.1. The molecular formula is C24H24FNO4S. The second kappa shape index (κ2) is 7.57. The average molecular weight is 442 g/mol. The summed E-state index contributed by atoms with van der Waals surface area (Å²) in [5, 5.41) is 10.6. The molecule has 0 amide bonds. The topological polar surface area (TPSA) is 68.5 Å². The molecule has 31 heavy (non-hydrogen) atoms. The fraction of sp³-hybridized carbons (Fsp3) is 0.417. The van der Waals surface area contributed by atoms with Crippen LogP contribution in [0.4, 0.5) is 4.39 Å². The van der Waals surface area contributed by atoms with Gasteiger partial charge < -0.3 is 14.4 Å². The second-order valence-corrected chi connectivity index (χ2v) is 9.48. The van der Waals surface area contributed by atoms with Crippen molar-refractivity contribution < 1.29 is 19.0 Å². The molecule has 7 heteroatoms. The number of benzene rings is 1. The predicted octanol–water partition coefficient (Wildman–Crippen LogP) is 5.06. The van der Waals surface area contributed by atoms with Gasteiger partial charge in [-0.05, 0) is 69.2 Å². The Morgan fingerprint density at radius 2 is 2.10 bits per heavy atom. The number of nitrogens with zero attached hydrogens (tertiary/aromatic N) is 1. The van der Waals surface area contributed by atoms with Crippen molar-refractivity contribution in [3.05, 3.63) is 55.9 Å². The molecule has 1 unspecified atom stereocenters. The number of carbonyl (C=O) groups excluding carboxylic acids is 1. The molecule has 0 spiro atoms. The lowest BCUT2D eigenvalue weighted by Gasteiger charge is -2.17. The molecule has 0 aliphatic heterocycles. The molecule has 1 aromatic carbocycles. The van der Waals surface area contributed by atoms with Crippen LogP contribution in [0, 0.1) is 12.7 Å². The number of esters is 1. The first-order chi connectivity index (χ1) is 14.9. The van der Waals surface area contributed by atoms with E-state index in [-0.39, 0.29) is 23.6 Å². The SMILES string of the molecule is CCOC(=O)c1cn(C2CC2)c2c(C)c(-c3cc4c(s3)C(O)CCC4)c(F)cc2c1=O. The minimum atomic E-state index is -0.675. The van der Waals surface area contributed by atoms with E-state index in [1.165, 1.54) is 17.4 Å². The maximum absolute atomic E-state index is 15.4. The summed E-state index contributed by atoms with van der Waals surface area (Å²) >= 11 is 1.43. The van der Waals surface area contributed by atoms with Crippen molar-refractivity contribution in [2.45, 2.75) is 58.1 Å². The molecule has 1 saturated carbocycles. The van der Waals surface area contributed by atoms with Crippen LogP contribution in [-0.2, 0) is 11.2 Å². The van der Waals surface area contributed by atoms with Crippen LogP contribution in [0.1, 0.15) is 71.1 Å². The first-order valence-electron chi connectivity index (χ1n) is 10.8. The van der Waals surface area contributed by atoms with Crippen molar-refractivity contribution in [3.63, 3.8) is 0 Å². The lowest BCUT2D eigenvalue weighted by Crippen LogP contribution is -2.21. The van der Waals surface area contributed by atoms with E-state index in [2.05, 4.69) is 0 Å². The average Bonchev–Trinajstić information content (AvgIpc) is 3.48. The highest BCUT2D eigenvalue weighted by atomic mass is 32.1. The zero-order valence-corrected chi connectivity index (χ0v) is 18.4. The Morgan fingerprint density at radius 1 is 1.32 bits per heavy atom. The fourth-order valence-electron chi connectivity index (χ4n) is 4.64. The highest BCUT2D eigenvalue weighted by Gasteiger charge is 2.30. The number of aliphatic hydroxyl groups is 1. The summed E-state index contributed by atoms with van der Waals surface area (Å²) in [7, 11) is 0. The van der Waals surface area contributed by atoms with Crippen molar-refractivity contribution in [1.82, 2.24) is 4.57 Å². The smallest absolute Gasteiger partial charge is 0.343 e. The van der Waals surface area contributed by atoms with Crippen LogP contribution in [-0.4, -0.2) is 22.2 Å². The van der Waals surface area contributed by atoms with E-state index >= 15 is 4.39 Å². The van der Waals surface area contributed by atoms with Crippen LogP contribution >= 0.6 is 11.3 Å². The van der Waals surface area contributed by atoms with Crippen molar-refractivity contribution in [2.24, 2.45) is 0 Å². The number of aliphatic hydroxyl groups excluding tert-OH is 1. The molecule has 1 atom stereocenters. The highest BCUT2D eigenvalue weighted by Crippen LogP contribution is 2.44. The standard InChI is InChI=1S/C24H24FNO4S/c1-3-30-24(29)16-11-26(14-7-8-14)21-12(2)20(17(25)10-15(21)22(16)28)19-9-13-5-4-6-18(27)23(13)31-19/h9-11,14,18,27H,3-8H2,1-2H3. The number of hydrogen-bond acceptors (Lipinski definition) is 5. The Kier molecular flexibility index (Phi) is 4.98. The molecule has 5 nitrogen and oxygen atoms in total. The molecule has 5 rings (SSSR count). The van der Waals surface area contributed by atoms with Gasteiger partial charge in [-0.2, -0.15) is 0 Å². The van der Waals surface area contributed by atoms with E-state index in [1.54, 1.807) is 13.1 Å². The molecule has 0 radical (unpaired) electrons. The van der Waals surface area contributed by atoms with Crippen LogP contribution < -0.4 is 5.43 Å². The first kappa shape index (κ1) is 20.4. The maximum atomic E-state index is 15.4. The number of rotatable bonds is 4. The number of pyridine rings is 1. The molecule has 2 aliphatic rings. The highest BCUT2D eigenvalue weighted by molar-refractivity contribution is 7.15. The Balaban J connectivity index is 1.76. The number of carbonyl (C=O) groups is 1. The Bertz CT molecular complexity index is 1270. The van der Waals surface area contributed by atoms with Gasteiger partial charge in [0.2, 0.25) is 5.43 Å². The number of ether oxygens (including phenoxy) is 1. The van der Waals surface area contributed by atoms with Crippen molar-refractivity contribution >= 4 is 28.2 Å². The molecule has 2 aromatic heterocycles. The summed E-state index contributed by atoms with van der Waals surface area (Å²) in [6.45, 7) is 3.69. The van der Waals surface area contributed by atoms with Gasteiger partial charge in [-0.3, -0.25) is 4.79 Å². The van der Waals surface area contributed by atoms with E-state index in [9.17, 15) is 14.7 Å². The van der Waals surface area contributed by atoms with E-state index in [4.69, 9.17) is 4.74 Å². The molecule has 162 valence electrons. The van der Waals surface area contributed by atoms with Crippen LogP contribution in [0.15, 0.2) is 23.1 Å². The fourth-order valence-corrected chi connectivity index (χ4v) is 5.97. The van der Waals surface area contributed by atoms with Crippen LogP contribution in [0.3, 0.4) is 0 Å². The van der Waals surface area contributed by atoms with Crippen LogP contribution in [0.2, 0.25) is 0 Å². The number of fused-ring (bicyclic) bond motifs is 2. The number of aryl methyl sites for hydroxylation is 2. The van der Waals surface area contributed by atoms with Crippen LogP contribution in [0.5, 0.6) is 0 Å². The largest absolute Gasteiger partial charge is 0.462 e. The molecular weight excluding hydrogens is 417 g/mol. The van der Waals surface area contributed by atoms with Gasteiger partial charge in [-0.15, -0.1) is 11.3 Å². The van der Waals surface area contributed by atoms with Gasteiger partial charge in [0.05, 0.1) is 18.2 Å². The number of hydrogen-bond donors (Lipinski definition) is 1. The summed E-state index contributed by atoms with van der Waals surface area (Å²) in [6, 6.07) is 3.43. The summed E-state index contributed by atoms with van der Waals surface area (Å²) < 4.78 is 22.4. The Labute approximate surface area is 183 Å². The Hall–Kier alpha value is -2.51. The van der Waals surface area contributed by atoms with Gasteiger partial charge in [0, 0.05) is 32.9 Å². The predicted molar refractivity (Wildman–Crippen MR) is 118 cm³/mol. The van der Waals surface area contributed by atoms with Crippen molar-refractivity contribution in [2.75, 3.05) is 6.61 Å². The molecule has 0 bridgehead atoms. The summed E-state index contributed by atoms with van der Waals surface area (Å²) in [5.74, 6) is -1.16. The molecule has 2 aliphatic carbocycles. The van der Waals surface area contributed by atoms with Gasteiger partial charge in [0.25, 0.3) is 0 Å². The monoisotopic (exact) mass is 441 g/mol. The second-order valence-electron chi connectivity index (χ2n) is 8.39. The lowest BCUT2D eigenvalue weighted by molar-refractivity contribution is 0.0524.